The fraction of sp³-hybridized carbons (Fsp3) is 0.462. The van der Waals surface area contributed by atoms with Gasteiger partial charge in [-0.25, -0.2) is 0 Å². The molecule has 0 amide bonds. The molecule has 0 saturated carbocycles. The summed E-state index contributed by atoms with van der Waals surface area (Å²) >= 11 is 0. The van der Waals surface area contributed by atoms with Crippen molar-refractivity contribution in [1.29, 1.82) is 0 Å². The van der Waals surface area contributed by atoms with Crippen LogP contribution < -0.4 is 0 Å². The molecule has 1 atom stereocenters. The zero-order valence-electron chi connectivity index (χ0n) is 9.16. The van der Waals surface area contributed by atoms with Crippen LogP contribution in [0.15, 0.2) is 24.3 Å². The SMILES string of the molecule is CC(C)C(C)Cc1cccc(C=O)c1. The number of carbonyl (C=O) groups is 1. The van der Waals surface area contributed by atoms with E-state index in [9.17, 15) is 4.79 Å². The highest BCUT2D eigenvalue weighted by Gasteiger charge is 2.07. The molecule has 0 bridgehead atoms. The molecule has 0 N–H and O–H groups in total. The van der Waals surface area contributed by atoms with Crippen LogP contribution in [0.5, 0.6) is 0 Å². The van der Waals surface area contributed by atoms with Crippen LogP contribution in [0.1, 0.15) is 36.7 Å². The van der Waals surface area contributed by atoms with Crippen LogP contribution in [0.4, 0.5) is 0 Å². The first-order valence-corrected chi connectivity index (χ1v) is 5.17. The number of rotatable bonds is 4. The van der Waals surface area contributed by atoms with Gasteiger partial charge in [0.15, 0.2) is 0 Å². The van der Waals surface area contributed by atoms with Crippen molar-refractivity contribution in [3.05, 3.63) is 35.4 Å². The molecule has 0 aliphatic rings. The zero-order chi connectivity index (χ0) is 10.6. The molecule has 1 heteroatoms. The Bertz CT molecular complexity index is 302. The summed E-state index contributed by atoms with van der Waals surface area (Å²) in [5.41, 5.74) is 2.04. The minimum atomic E-state index is 0.664. The Hall–Kier alpha value is -1.11. The summed E-state index contributed by atoms with van der Waals surface area (Å²) in [6.07, 6.45) is 1.96. The first-order valence-electron chi connectivity index (χ1n) is 5.17. The average Bonchev–Trinajstić information content (AvgIpc) is 2.18. The lowest BCUT2D eigenvalue weighted by Gasteiger charge is -2.15. The average molecular weight is 190 g/mol. The first-order chi connectivity index (χ1) is 6.63. The van der Waals surface area contributed by atoms with Gasteiger partial charge in [-0.3, -0.25) is 4.79 Å². The molecule has 1 rings (SSSR count). The molecule has 0 aliphatic heterocycles. The molecule has 1 aromatic carbocycles. The van der Waals surface area contributed by atoms with Gasteiger partial charge in [-0.1, -0.05) is 39.0 Å². The van der Waals surface area contributed by atoms with Gasteiger partial charge in [0.05, 0.1) is 0 Å². The van der Waals surface area contributed by atoms with Crippen molar-refractivity contribution in [3.63, 3.8) is 0 Å². The Kier molecular flexibility index (Phi) is 3.87. The molecule has 0 aliphatic carbocycles. The maximum Gasteiger partial charge on any atom is 0.150 e. The van der Waals surface area contributed by atoms with Crippen molar-refractivity contribution in [2.75, 3.05) is 0 Å². The van der Waals surface area contributed by atoms with Crippen molar-refractivity contribution in [2.45, 2.75) is 27.2 Å². The molecule has 14 heavy (non-hydrogen) atoms. The van der Waals surface area contributed by atoms with E-state index in [0.717, 1.165) is 18.3 Å². The number of hydrogen-bond acceptors (Lipinski definition) is 1. The van der Waals surface area contributed by atoms with E-state index in [1.165, 1.54) is 5.56 Å². The number of aldehydes is 1. The van der Waals surface area contributed by atoms with Gasteiger partial charge in [-0.15, -0.1) is 0 Å². The van der Waals surface area contributed by atoms with Crippen LogP contribution >= 0.6 is 0 Å². The van der Waals surface area contributed by atoms with E-state index in [1.54, 1.807) is 0 Å². The van der Waals surface area contributed by atoms with E-state index in [4.69, 9.17) is 0 Å². The van der Waals surface area contributed by atoms with Crippen LogP contribution in [-0.2, 0) is 6.42 Å². The van der Waals surface area contributed by atoms with E-state index < -0.39 is 0 Å². The summed E-state index contributed by atoms with van der Waals surface area (Å²) in [5, 5.41) is 0. The minimum Gasteiger partial charge on any atom is -0.298 e. The minimum absolute atomic E-state index is 0.664. The summed E-state index contributed by atoms with van der Waals surface area (Å²) < 4.78 is 0. The lowest BCUT2D eigenvalue weighted by Crippen LogP contribution is -2.07. The summed E-state index contributed by atoms with van der Waals surface area (Å²) in [4.78, 5) is 10.6. The van der Waals surface area contributed by atoms with Crippen molar-refractivity contribution >= 4 is 6.29 Å². The van der Waals surface area contributed by atoms with Crippen LogP contribution in [0, 0.1) is 11.8 Å². The van der Waals surface area contributed by atoms with Crippen LogP contribution in [0.2, 0.25) is 0 Å². The van der Waals surface area contributed by atoms with Gasteiger partial charge in [-0.2, -0.15) is 0 Å². The molecular formula is C13H18O. The monoisotopic (exact) mass is 190 g/mol. The third kappa shape index (κ3) is 2.99. The zero-order valence-corrected chi connectivity index (χ0v) is 9.16. The predicted molar refractivity (Wildman–Crippen MR) is 59.5 cm³/mol. The summed E-state index contributed by atoms with van der Waals surface area (Å²) in [6, 6.07) is 7.86. The van der Waals surface area contributed by atoms with Gasteiger partial charge in [-0.05, 0) is 29.9 Å². The van der Waals surface area contributed by atoms with E-state index in [-0.39, 0.29) is 0 Å². The second-order valence-corrected chi connectivity index (χ2v) is 4.29. The summed E-state index contributed by atoms with van der Waals surface area (Å²) in [5.74, 6) is 1.35. The molecule has 0 radical (unpaired) electrons. The lowest BCUT2D eigenvalue weighted by molar-refractivity contribution is 0.112. The number of benzene rings is 1. The fourth-order valence-electron chi connectivity index (χ4n) is 1.40. The highest BCUT2D eigenvalue weighted by molar-refractivity contribution is 5.74. The molecule has 0 aromatic heterocycles. The number of carbonyl (C=O) groups excluding carboxylic acids is 1. The Labute approximate surface area is 86.1 Å². The molecule has 1 nitrogen and oxygen atoms in total. The summed E-state index contributed by atoms with van der Waals surface area (Å²) in [7, 11) is 0. The van der Waals surface area contributed by atoms with E-state index >= 15 is 0 Å². The molecule has 1 aromatic rings. The van der Waals surface area contributed by atoms with Gasteiger partial charge in [0.25, 0.3) is 0 Å². The lowest BCUT2D eigenvalue weighted by atomic mass is 9.91. The van der Waals surface area contributed by atoms with Gasteiger partial charge in [0, 0.05) is 5.56 Å². The largest absolute Gasteiger partial charge is 0.298 e. The molecule has 0 saturated heterocycles. The van der Waals surface area contributed by atoms with Crippen LogP contribution in [0.25, 0.3) is 0 Å². The molecule has 76 valence electrons. The van der Waals surface area contributed by atoms with Gasteiger partial charge >= 0.3 is 0 Å². The smallest absolute Gasteiger partial charge is 0.150 e. The Morgan fingerprint density at radius 2 is 2.00 bits per heavy atom. The standard InChI is InChI=1S/C13H18O/c1-10(2)11(3)7-12-5-4-6-13(8-12)9-14/h4-6,8-11H,7H2,1-3H3. The second-order valence-electron chi connectivity index (χ2n) is 4.29. The highest BCUT2D eigenvalue weighted by atomic mass is 16.1. The fourth-order valence-corrected chi connectivity index (χ4v) is 1.40. The van der Waals surface area contributed by atoms with Crippen molar-refractivity contribution in [1.82, 2.24) is 0 Å². The maximum atomic E-state index is 10.6. The van der Waals surface area contributed by atoms with E-state index in [0.29, 0.717) is 11.8 Å². The summed E-state index contributed by atoms with van der Waals surface area (Å²) in [6.45, 7) is 6.71. The molecule has 0 spiro atoms. The van der Waals surface area contributed by atoms with Gasteiger partial charge in [0.1, 0.15) is 6.29 Å². The quantitative estimate of drug-likeness (QED) is 0.665. The van der Waals surface area contributed by atoms with Crippen LogP contribution in [0.3, 0.4) is 0 Å². The third-order valence-electron chi connectivity index (χ3n) is 2.78. The molecule has 0 fully saturated rings. The second kappa shape index (κ2) is 4.94. The normalized spacial score (nSPS) is 12.9. The maximum absolute atomic E-state index is 10.6. The Morgan fingerprint density at radius 3 is 2.57 bits per heavy atom. The van der Waals surface area contributed by atoms with Gasteiger partial charge in [0.2, 0.25) is 0 Å². The van der Waals surface area contributed by atoms with Crippen LogP contribution in [-0.4, -0.2) is 6.29 Å². The van der Waals surface area contributed by atoms with Crippen molar-refractivity contribution in [3.8, 4) is 0 Å². The van der Waals surface area contributed by atoms with Gasteiger partial charge < -0.3 is 0 Å². The molecular weight excluding hydrogens is 172 g/mol. The molecule has 0 heterocycles. The van der Waals surface area contributed by atoms with Crippen molar-refractivity contribution in [2.24, 2.45) is 11.8 Å². The Morgan fingerprint density at radius 1 is 1.29 bits per heavy atom. The first kappa shape index (κ1) is 11.0. The highest BCUT2D eigenvalue weighted by Crippen LogP contribution is 2.16. The predicted octanol–water partition coefficient (Wildman–Crippen LogP) is 3.33. The Balaban J connectivity index is 2.71. The van der Waals surface area contributed by atoms with Crippen molar-refractivity contribution < 1.29 is 4.79 Å². The third-order valence-corrected chi connectivity index (χ3v) is 2.78. The van der Waals surface area contributed by atoms with E-state index in [1.807, 2.05) is 18.2 Å². The number of hydrogen-bond donors (Lipinski definition) is 0. The van der Waals surface area contributed by atoms with E-state index in [2.05, 4.69) is 26.8 Å². The topological polar surface area (TPSA) is 17.1 Å². The molecule has 1 unspecified atom stereocenters.